The maximum Gasteiger partial charge on any atom is 0.303 e. The maximum atomic E-state index is 14.7. The molecule has 1 aliphatic rings. The van der Waals surface area contributed by atoms with Crippen molar-refractivity contribution in [2.24, 2.45) is 0 Å². The Hall–Kier alpha value is -1.87. The van der Waals surface area contributed by atoms with Crippen LogP contribution in [0.4, 0.5) is 14.5 Å². The Kier molecular flexibility index (Phi) is 7.50. The van der Waals surface area contributed by atoms with E-state index in [0.717, 1.165) is 11.8 Å². The van der Waals surface area contributed by atoms with Crippen LogP contribution in [0.5, 0.6) is 0 Å². The van der Waals surface area contributed by atoms with Crippen molar-refractivity contribution < 1.29 is 36.2 Å². The molecule has 0 bridgehead atoms. The Balaban J connectivity index is 2.22. The van der Waals surface area contributed by atoms with Gasteiger partial charge in [-0.2, -0.15) is 17.4 Å². The van der Waals surface area contributed by atoms with Crippen molar-refractivity contribution in [1.82, 2.24) is 0 Å². The molecule has 0 spiro atoms. The fourth-order valence-electron chi connectivity index (χ4n) is 4.00. The number of hydrogen-bond acceptors (Lipinski definition) is 3. The first-order chi connectivity index (χ1) is 13.5. The summed E-state index contributed by atoms with van der Waals surface area (Å²) < 4.78 is 61.2. The molecule has 29 heavy (non-hydrogen) atoms. The normalized spacial score (nSPS) is 18.9. The number of halogens is 2. The fourth-order valence-corrected chi connectivity index (χ4v) is 4.57. The highest BCUT2D eigenvalue weighted by Gasteiger charge is 2.47. The summed E-state index contributed by atoms with van der Waals surface area (Å²) in [7, 11) is -4.04. The highest BCUT2D eigenvalue weighted by Crippen LogP contribution is 2.44. The zero-order chi connectivity index (χ0) is 21.8. The van der Waals surface area contributed by atoms with Crippen LogP contribution in [0.3, 0.4) is 0 Å². The lowest BCUT2D eigenvalue weighted by atomic mass is 9.76. The summed E-state index contributed by atoms with van der Waals surface area (Å²) in [4.78, 5) is 10.6. The predicted octanol–water partition coefficient (Wildman–Crippen LogP) is 4.04. The minimum absolute atomic E-state index is 0.0876. The molecule has 0 fully saturated rings. The average Bonchev–Trinajstić information content (AvgIpc) is 2.80. The monoisotopic (exact) mass is 432 g/mol. The molecule has 1 heterocycles. The molecule has 0 amide bonds. The van der Waals surface area contributed by atoms with Crippen molar-refractivity contribution in [2.45, 2.75) is 64.2 Å². The highest BCUT2D eigenvalue weighted by molar-refractivity contribution is 7.85. The first kappa shape index (κ1) is 23.4. The van der Waals surface area contributed by atoms with Crippen molar-refractivity contribution >= 4 is 27.5 Å². The topological polar surface area (TPSA) is 94.7 Å². The summed E-state index contributed by atoms with van der Waals surface area (Å²) in [5.41, 5.74) is 1.06. The van der Waals surface area contributed by atoms with Gasteiger partial charge in [-0.3, -0.25) is 9.35 Å². The van der Waals surface area contributed by atoms with E-state index in [1.54, 1.807) is 0 Å². The second kappa shape index (κ2) is 9.30. The van der Waals surface area contributed by atoms with Gasteiger partial charge in [-0.25, -0.2) is 4.39 Å². The molecule has 1 aromatic rings. The minimum Gasteiger partial charge on any atom is -0.481 e. The molecule has 0 radical (unpaired) electrons. The van der Waals surface area contributed by atoms with E-state index in [0.29, 0.717) is 49.9 Å². The van der Waals surface area contributed by atoms with E-state index in [4.69, 9.17) is 9.66 Å². The molecule has 1 aliphatic heterocycles. The Bertz CT molecular complexity index is 914. The third-order valence-electron chi connectivity index (χ3n) is 5.70. The lowest BCUT2D eigenvalue weighted by Gasteiger charge is -2.22. The predicted molar refractivity (Wildman–Crippen MR) is 106 cm³/mol. The van der Waals surface area contributed by atoms with Gasteiger partial charge < -0.3 is 5.11 Å². The molecule has 2 rings (SSSR count). The van der Waals surface area contributed by atoms with Crippen LogP contribution in [-0.4, -0.2) is 46.6 Å². The first-order valence-electron chi connectivity index (χ1n) is 9.74. The Morgan fingerprint density at radius 3 is 2.45 bits per heavy atom. The van der Waals surface area contributed by atoms with E-state index in [1.165, 1.54) is 6.07 Å². The van der Waals surface area contributed by atoms with Crippen LogP contribution >= 0.6 is 0 Å². The Morgan fingerprint density at radius 1 is 1.14 bits per heavy atom. The second-order valence-electron chi connectivity index (χ2n) is 7.80. The summed E-state index contributed by atoms with van der Waals surface area (Å²) in [5, 5.41) is 8.73. The Morgan fingerprint density at radius 2 is 1.83 bits per heavy atom. The fraction of sp³-hybridized carbons (Fsp3) is 0.600. The van der Waals surface area contributed by atoms with Crippen molar-refractivity contribution in [3.05, 3.63) is 29.3 Å². The van der Waals surface area contributed by atoms with E-state index in [1.807, 2.05) is 18.4 Å². The van der Waals surface area contributed by atoms with Crippen molar-refractivity contribution in [2.75, 3.05) is 12.3 Å². The Labute approximate surface area is 170 Å². The lowest BCUT2D eigenvalue weighted by molar-refractivity contribution is -0.442. The molecular weight excluding hydrogens is 404 g/mol. The summed E-state index contributed by atoms with van der Waals surface area (Å²) in [5.74, 6) is -2.51. The number of carbonyl (C=O) groups is 1. The minimum atomic E-state index is -4.04. The van der Waals surface area contributed by atoms with Gasteiger partial charge in [0.25, 0.3) is 10.1 Å². The largest absolute Gasteiger partial charge is 0.481 e. The number of carboxylic acid groups (broad SMARTS) is 1. The molecular formula is C20H28F2NO5S+. The molecule has 0 aromatic heterocycles. The summed E-state index contributed by atoms with van der Waals surface area (Å²) >= 11 is 0. The van der Waals surface area contributed by atoms with Gasteiger partial charge in [0, 0.05) is 31.4 Å². The summed E-state index contributed by atoms with van der Waals surface area (Å²) in [6, 6.07) is 2.18. The van der Waals surface area contributed by atoms with Gasteiger partial charge in [-0.1, -0.05) is 6.42 Å². The van der Waals surface area contributed by atoms with E-state index >= 15 is 0 Å². The first-order valence-corrected chi connectivity index (χ1v) is 11.3. The molecule has 0 aliphatic carbocycles. The van der Waals surface area contributed by atoms with E-state index in [-0.39, 0.29) is 18.6 Å². The third kappa shape index (κ3) is 5.82. The average molecular weight is 433 g/mol. The number of carboxylic acids is 1. The number of aliphatic carboxylic acids is 1. The highest BCUT2D eigenvalue weighted by atomic mass is 32.2. The van der Waals surface area contributed by atoms with Crippen LogP contribution in [0.2, 0.25) is 0 Å². The molecule has 0 saturated heterocycles. The molecule has 2 N–H and O–H groups in total. The summed E-state index contributed by atoms with van der Waals surface area (Å²) in [6.45, 7) is 4.23. The van der Waals surface area contributed by atoms with Crippen molar-refractivity contribution in [3.8, 4) is 0 Å². The standard InChI is InChI=1S/C20H27F2NO5S/c1-14-20(2,9-5-7-11-29(26,27)28)16-12-15(21)13-17(22)19(16)23(14)10-6-3-4-8-18(24)25/h12-13H,3-11H2,1-2H3,(H-,24,25,26,27,28)/p+1. The van der Waals surface area contributed by atoms with E-state index in [9.17, 15) is 22.0 Å². The number of nitrogens with zero attached hydrogens (tertiary/aromatic N) is 1. The third-order valence-corrected chi connectivity index (χ3v) is 6.50. The van der Waals surface area contributed by atoms with Gasteiger partial charge in [-0.15, -0.1) is 0 Å². The SMILES string of the molecule is CC1=[N+](CCCCCC(=O)O)c2c(F)cc(F)cc2C1(C)CCCCS(=O)(=O)O. The number of unbranched alkanes of at least 4 members (excludes halogenated alkanes) is 3. The number of rotatable bonds is 11. The number of benzene rings is 1. The molecule has 1 unspecified atom stereocenters. The zero-order valence-electron chi connectivity index (χ0n) is 16.7. The molecule has 1 aromatic carbocycles. The summed E-state index contributed by atoms with van der Waals surface area (Å²) in [6.07, 6.45) is 3.18. The van der Waals surface area contributed by atoms with Crippen molar-refractivity contribution in [3.63, 3.8) is 0 Å². The van der Waals surface area contributed by atoms with Crippen LogP contribution in [0.1, 0.15) is 64.4 Å². The number of hydrogen-bond donors (Lipinski definition) is 2. The molecule has 9 heteroatoms. The molecule has 1 atom stereocenters. The van der Waals surface area contributed by atoms with E-state index < -0.39 is 33.1 Å². The maximum absolute atomic E-state index is 14.7. The molecule has 0 saturated carbocycles. The van der Waals surface area contributed by atoms with Crippen LogP contribution in [0, 0.1) is 11.6 Å². The zero-order valence-corrected chi connectivity index (χ0v) is 17.6. The number of fused-ring (bicyclic) bond motifs is 1. The van der Waals surface area contributed by atoms with Crippen LogP contribution < -0.4 is 0 Å². The second-order valence-corrected chi connectivity index (χ2v) is 9.37. The van der Waals surface area contributed by atoms with Crippen LogP contribution in [-0.2, 0) is 20.3 Å². The van der Waals surface area contributed by atoms with Crippen molar-refractivity contribution in [1.29, 1.82) is 0 Å². The van der Waals surface area contributed by atoms with Gasteiger partial charge in [0.05, 0.1) is 11.2 Å². The van der Waals surface area contributed by atoms with Gasteiger partial charge in [-0.05, 0) is 38.7 Å². The quantitative estimate of drug-likeness (QED) is 0.313. The van der Waals surface area contributed by atoms with Gasteiger partial charge in [0.2, 0.25) is 5.69 Å². The van der Waals surface area contributed by atoms with Crippen LogP contribution in [0.15, 0.2) is 12.1 Å². The molecule has 6 nitrogen and oxygen atoms in total. The van der Waals surface area contributed by atoms with E-state index in [2.05, 4.69) is 0 Å². The van der Waals surface area contributed by atoms with Gasteiger partial charge in [0.15, 0.2) is 11.5 Å². The van der Waals surface area contributed by atoms with Gasteiger partial charge >= 0.3 is 5.97 Å². The van der Waals surface area contributed by atoms with Gasteiger partial charge in [0.1, 0.15) is 12.4 Å². The van der Waals surface area contributed by atoms with Crippen LogP contribution in [0.25, 0.3) is 0 Å². The molecule has 162 valence electrons. The lowest BCUT2D eigenvalue weighted by Crippen LogP contribution is -2.30. The smallest absolute Gasteiger partial charge is 0.303 e.